The monoisotopic (exact) mass is 252 g/mol. The summed E-state index contributed by atoms with van der Waals surface area (Å²) in [5.74, 6) is 0.800. The first-order chi connectivity index (χ1) is 8.11. The van der Waals surface area contributed by atoms with Gasteiger partial charge in [0.1, 0.15) is 0 Å². The van der Waals surface area contributed by atoms with Crippen molar-refractivity contribution in [3.05, 3.63) is 34.3 Å². The van der Waals surface area contributed by atoms with Crippen molar-refractivity contribution in [2.45, 2.75) is 32.4 Å². The van der Waals surface area contributed by atoms with Gasteiger partial charge in [0, 0.05) is 24.2 Å². The fourth-order valence-corrected chi connectivity index (χ4v) is 2.67. The van der Waals surface area contributed by atoms with Crippen molar-refractivity contribution in [1.82, 2.24) is 4.90 Å². The number of halogens is 1. The van der Waals surface area contributed by atoms with Crippen LogP contribution in [0.3, 0.4) is 0 Å². The zero-order chi connectivity index (χ0) is 12.4. The Morgan fingerprint density at radius 3 is 2.71 bits per heavy atom. The van der Waals surface area contributed by atoms with E-state index in [0.29, 0.717) is 6.04 Å². The average molecular weight is 253 g/mol. The van der Waals surface area contributed by atoms with E-state index in [2.05, 4.69) is 31.0 Å². The van der Waals surface area contributed by atoms with Gasteiger partial charge in [0.15, 0.2) is 0 Å². The summed E-state index contributed by atoms with van der Waals surface area (Å²) in [4.78, 5) is 2.34. The molecule has 3 heteroatoms. The summed E-state index contributed by atoms with van der Waals surface area (Å²) in [7, 11) is 2.14. The van der Waals surface area contributed by atoms with Gasteiger partial charge < -0.3 is 5.73 Å². The fourth-order valence-electron chi connectivity index (χ4n) is 2.38. The van der Waals surface area contributed by atoms with Crippen molar-refractivity contribution >= 4 is 11.6 Å². The Labute approximate surface area is 109 Å². The molecule has 2 N–H and O–H groups in total. The predicted octanol–water partition coefficient (Wildman–Crippen LogP) is 2.82. The van der Waals surface area contributed by atoms with Gasteiger partial charge in [0.25, 0.3) is 0 Å². The van der Waals surface area contributed by atoms with Crippen molar-refractivity contribution in [2.75, 3.05) is 13.6 Å². The van der Waals surface area contributed by atoms with E-state index in [0.717, 1.165) is 24.0 Å². The second kappa shape index (κ2) is 5.38. The van der Waals surface area contributed by atoms with Gasteiger partial charge >= 0.3 is 0 Å². The molecule has 0 heterocycles. The highest BCUT2D eigenvalue weighted by molar-refractivity contribution is 6.31. The molecule has 0 saturated heterocycles. The standard InChI is InChI=1S/C14H21ClN2/c1-10-3-4-12(13(15)7-10)9-17(2)14(8-16)11-5-6-11/h3-4,7,11,14H,5-6,8-9,16H2,1-2H3. The van der Waals surface area contributed by atoms with E-state index in [1.165, 1.54) is 24.0 Å². The highest BCUT2D eigenvalue weighted by atomic mass is 35.5. The quantitative estimate of drug-likeness (QED) is 0.873. The molecule has 1 aliphatic rings. The number of nitrogens with zero attached hydrogens (tertiary/aromatic N) is 1. The fraction of sp³-hybridized carbons (Fsp3) is 0.571. The van der Waals surface area contributed by atoms with E-state index in [-0.39, 0.29) is 0 Å². The molecule has 1 aromatic carbocycles. The van der Waals surface area contributed by atoms with Crippen molar-refractivity contribution in [1.29, 1.82) is 0 Å². The summed E-state index contributed by atoms with van der Waals surface area (Å²) < 4.78 is 0. The molecule has 1 aromatic rings. The summed E-state index contributed by atoms with van der Waals surface area (Å²) in [5, 5.41) is 0.864. The van der Waals surface area contributed by atoms with Gasteiger partial charge in [-0.3, -0.25) is 4.90 Å². The molecule has 94 valence electrons. The molecule has 1 saturated carbocycles. The number of hydrogen-bond donors (Lipinski definition) is 1. The molecule has 17 heavy (non-hydrogen) atoms. The van der Waals surface area contributed by atoms with Crippen molar-refractivity contribution in [3.8, 4) is 0 Å². The maximum atomic E-state index is 6.26. The first-order valence-electron chi connectivity index (χ1n) is 6.27. The molecule has 2 nitrogen and oxygen atoms in total. The molecule has 1 aliphatic carbocycles. The van der Waals surface area contributed by atoms with E-state index in [1.807, 2.05) is 6.07 Å². The Morgan fingerprint density at radius 1 is 1.47 bits per heavy atom. The minimum Gasteiger partial charge on any atom is -0.329 e. The van der Waals surface area contributed by atoms with E-state index in [9.17, 15) is 0 Å². The van der Waals surface area contributed by atoms with Gasteiger partial charge in [-0.2, -0.15) is 0 Å². The SMILES string of the molecule is Cc1ccc(CN(C)C(CN)C2CC2)c(Cl)c1. The summed E-state index contributed by atoms with van der Waals surface area (Å²) in [6, 6.07) is 6.77. The lowest BCUT2D eigenvalue weighted by molar-refractivity contribution is 0.215. The smallest absolute Gasteiger partial charge is 0.0453 e. The first-order valence-corrected chi connectivity index (χ1v) is 6.65. The third kappa shape index (κ3) is 3.21. The summed E-state index contributed by atoms with van der Waals surface area (Å²) >= 11 is 6.26. The zero-order valence-corrected chi connectivity index (χ0v) is 11.4. The van der Waals surface area contributed by atoms with E-state index in [4.69, 9.17) is 17.3 Å². The van der Waals surface area contributed by atoms with Gasteiger partial charge in [0.05, 0.1) is 0 Å². The molecule has 0 aromatic heterocycles. The Bertz CT molecular complexity index is 388. The number of hydrogen-bond acceptors (Lipinski definition) is 2. The first kappa shape index (κ1) is 12.9. The van der Waals surface area contributed by atoms with Crippen LogP contribution in [0.1, 0.15) is 24.0 Å². The van der Waals surface area contributed by atoms with E-state index in [1.54, 1.807) is 0 Å². The van der Waals surface area contributed by atoms with Crippen molar-refractivity contribution in [2.24, 2.45) is 11.7 Å². The highest BCUT2D eigenvalue weighted by Crippen LogP contribution is 2.35. The minimum absolute atomic E-state index is 0.507. The maximum Gasteiger partial charge on any atom is 0.0453 e. The second-order valence-electron chi connectivity index (χ2n) is 5.15. The van der Waals surface area contributed by atoms with Crippen molar-refractivity contribution < 1.29 is 0 Å². The van der Waals surface area contributed by atoms with Crippen LogP contribution in [0.25, 0.3) is 0 Å². The van der Waals surface area contributed by atoms with E-state index >= 15 is 0 Å². The van der Waals surface area contributed by atoms with Gasteiger partial charge in [-0.25, -0.2) is 0 Å². The van der Waals surface area contributed by atoms with Crippen LogP contribution in [0, 0.1) is 12.8 Å². The average Bonchev–Trinajstić information content (AvgIpc) is 3.08. The van der Waals surface area contributed by atoms with E-state index < -0.39 is 0 Å². The van der Waals surface area contributed by atoms with Gasteiger partial charge in [-0.1, -0.05) is 23.7 Å². The van der Waals surface area contributed by atoms with Gasteiger partial charge in [-0.15, -0.1) is 0 Å². The van der Waals surface area contributed by atoms with Gasteiger partial charge in [-0.05, 0) is 49.9 Å². The Hall–Kier alpha value is -0.570. The molecule has 1 fully saturated rings. The third-order valence-corrected chi connectivity index (χ3v) is 3.95. The molecular weight excluding hydrogens is 232 g/mol. The maximum absolute atomic E-state index is 6.26. The van der Waals surface area contributed by atoms with Gasteiger partial charge in [0.2, 0.25) is 0 Å². The Kier molecular flexibility index (Phi) is 4.08. The highest BCUT2D eigenvalue weighted by Gasteiger charge is 2.32. The number of likely N-dealkylation sites (N-methyl/N-ethyl adjacent to an activating group) is 1. The third-order valence-electron chi connectivity index (χ3n) is 3.60. The van der Waals surface area contributed by atoms with Crippen LogP contribution in [-0.4, -0.2) is 24.5 Å². The summed E-state index contributed by atoms with van der Waals surface area (Å²) in [5.41, 5.74) is 8.26. The zero-order valence-electron chi connectivity index (χ0n) is 10.6. The largest absolute Gasteiger partial charge is 0.329 e. The number of aryl methyl sites for hydroxylation is 1. The molecule has 0 bridgehead atoms. The molecule has 0 spiro atoms. The topological polar surface area (TPSA) is 29.3 Å². The van der Waals surface area contributed by atoms with Crippen LogP contribution in [-0.2, 0) is 6.54 Å². The molecular formula is C14H21ClN2. The lowest BCUT2D eigenvalue weighted by Gasteiger charge is -2.27. The van der Waals surface area contributed by atoms with Crippen LogP contribution in [0.5, 0.6) is 0 Å². The molecule has 1 atom stereocenters. The van der Waals surface area contributed by atoms with Crippen LogP contribution >= 0.6 is 11.6 Å². The second-order valence-corrected chi connectivity index (χ2v) is 5.56. The summed E-state index contributed by atoms with van der Waals surface area (Å²) in [6.07, 6.45) is 2.65. The van der Waals surface area contributed by atoms with Crippen LogP contribution < -0.4 is 5.73 Å². The molecule has 0 radical (unpaired) electrons. The predicted molar refractivity (Wildman–Crippen MR) is 73.2 cm³/mol. The number of benzene rings is 1. The number of nitrogens with two attached hydrogens (primary N) is 1. The normalized spacial score (nSPS) is 17.5. The molecule has 1 unspecified atom stereocenters. The summed E-state index contributed by atoms with van der Waals surface area (Å²) in [6.45, 7) is 3.69. The lowest BCUT2D eigenvalue weighted by atomic mass is 10.1. The molecule has 0 aliphatic heterocycles. The van der Waals surface area contributed by atoms with Crippen LogP contribution in [0.15, 0.2) is 18.2 Å². The number of rotatable bonds is 5. The molecule has 0 amide bonds. The minimum atomic E-state index is 0.507. The lowest BCUT2D eigenvalue weighted by Crippen LogP contribution is -2.39. The van der Waals surface area contributed by atoms with Crippen LogP contribution in [0.2, 0.25) is 5.02 Å². The Morgan fingerprint density at radius 2 is 2.18 bits per heavy atom. The van der Waals surface area contributed by atoms with Crippen molar-refractivity contribution in [3.63, 3.8) is 0 Å². The molecule has 2 rings (SSSR count). The Balaban J connectivity index is 2.03. The van der Waals surface area contributed by atoms with Crippen LogP contribution in [0.4, 0.5) is 0 Å².